The van der Waals surface area contributed by atoms with Crippen molar-refractivity contribution in [2.75, 3.05) is 0 Å². The van der Waals surface area contributed by atoms with Crippen LogP contribution < -0.4 is 0 Å². The molecule has 1 unspecified atom stereocenters. The molecule has 1 aliphatic carbocycles. The molecule has 0 bridgehead atoms. The fraction of sp³-hybridized carbons (Fsp3) is 0.800. The van der Waals surface area contributed by atoms with Gasteiger partial charge in [0, 0.05) is 6.04 Å². The molecule has 1 N–H and O–H groups in total. The van der Waals surface area contributed by atoms with E-state index < -0.39 is 18.1 Å². The minimum Gasteiger partial charge on any atom is -0.480 e. The van der Waals surface area contributed by atoms with Gasteiger partial charge in [-0.15, -0.1) is 0 Å². The molecule has 2 atom stereocenters. The normalized spacial score (nSPS) is 25.5. The summed E-state index contributed by atoms with van der Waals surface area (Å²) in [5.41, 5.74) is 0. The Balaban J connectivity index is 2.25. The van der Waals surface area contributed by atoms with Crippen LogP contribution in [0.1, 0.15) is 58.8 Å². The predicted octanol–water partition coefficient (Wildman–Crippen LogP) is 2.39. The summed E-state index contributed by atoms with van der Waals surface area (Å²) in [4.78, 5) is 27.4. The van der Waals surface area contributed by atoms with Crippen LogP contribution in [0.15, 0.2) is 0 Å². The Morgan fingerprint density at radius 1 is 1.38 bits per heavy atom. The summed E-state index contributed by atoms with van der Waals surface area (Å²) in [6.45, 7) is 3.61. The lowest BCUT2D eigenvalue weighted by molar-refractivity contribution is -0.142. The zero-order valence-corrected chi connectivity index (χ0v) is 13.6. The molecule has 0 aromatic rings. The summed E-state index contributed by atoms with van der Waals surface area (Å²) in [7, 11) is 0. The number of carbonyl (C=O) groups excluding carboxylic acids is 1. The second kappa shape index (κ2) is 6.73. The van der Waals surface area contributed by atoms with Crippen LogP contribution in [-0.4, -0.2) is 50.0 Å². The molecule has 0 spiro atoms. The molecule has 0 aromatic heterocycles. The molecule has 2 fully saturated rings. The standard InChI is InChI=1S/C15H24N2O3S/c1-3-7-12-13(18)17(11-8-5-4-6-9-11)15(21)16(12)10(2)14(19)20/h10-12H,3-9H2,1-2H3,(H,19,20)/t10-,12?/m1/s1. The number of thiocarbonyl (C=S) groups is 1. The van der Waals surface area contributed by atoms with Crippen LogP contribution in [0.2, 0.25) is 0 Å². The minimum atomic E-state index is -0.934. The van der Waals surface area contributed by atoms with Crippen molar-refractivity contribution in [3.63, 3.8) is 0 Å². The third-order valence-electron chi connectivity index (χ3n) is 4.56. The first kappa shape index (κ1) is 16.2. The van der Waals surface area contributed by atoms with E-state index in [4.69, 9.17) is 12.2 Å². The van der Waals surface area contributed by atoms with Gasteiger partial charge in [0.2, 0.25) is 0 Å². The average Bonchev–Trinajstić information content (AvgIpc) is 2.71. The highest BCUT2D eigenvalue weighted by Gasteiger charge is 2.47. The number of nitrogens with zero attached hydrogens (tertiary/aromatic N) is 2. The number of amides is 1. The summed E-state index contributed by atoms with van der Waals surface area (Å²) in [5, 5.41) is 9.71. The second-order valence-electron chi connectivity index (χ2n) is 6.01. The second-order valence-corrected chi connectivity index (χ2v) is 6.37. The van der Waals surface area contributed by atoms with Gasteiger partial charge in [-0.05, 0) is 38.4 Å². The highest BCUT2D eigenvalue weighted by atomic mass is 32.1. The molecular formula is C15H24N2O3S. The maximum absolute atomic E-state index is 12.7. The van der Waals surface area contributed by atoms with Crippen LogP contribution in [0.3, 0.4) is 0 Å². The quantitative estimate of drug-likeness (QED) is 0.790. The largest absolute Gasteiger partial charge is 0.480 e. The fourth-order valence-corrected chi connectivity index (χ4v) is 3.92. The summed E-state index contributed by atoms with van der Waals surface area (Å²) in [6, 6.07) is -1.01. The van der Waals surface area contributed by atoms with E-state index in [0.717, 1.165) is 32.1 Å². The number of carboxylic acids is 1. The number of hydrogen-bond donors (Lipinski definition) is 1. The predicted molar refractivity (Wildman–Crippen MR) is 83.9 cm³/mol. The first-order chi connectivity index (χ1) is 9.99. The molecule has 6 heteroatoms. The average molecular weight is 312 g/mol. The van der Waals surface area contributed by atoms with Gasteiger partial charge < -0.3 is 10.0 Å². The van der Waals surface area contributed by atoms with Crippen molar-refractivity contribution >= 4 is 29.2 Å². The van der Waals surface area contributed by atoms with Crippen LogP contribution >= 0.6 is 12.2 Å². The Hall–Kier alpha value is -1.17. The molecule has 1 heterocycles. The van der Waals surface area contributed by atoms with Gasteiger partial charge in [-0.3, -0.25) is 9.69 Å². The monoisotopic (exact) mass is 312 g/mol. The fourth-order valence-electron chi connectivity index (χ4n) is 3.40. The third-order valence-corrected chi connectivity index (χ3v) is 4.97. The highest BCUT2D eigenvalue weighted by molar-refractivity contribution is 7.80. The van der Waals surface area contributed by atoms with Gasteiger partial charge in [-0.2, -0.15) is 0 Å². The summed E-state index contributed by atoms with van der Waals surface area (Å²) < 4.78 is 0. The number of aliphatic carboxylic acids is 1. The van der Waals surface area contributed by atoms with E-state index >= 15 is 0 Å². The summed E-state index contributed by atoms with van der Waals surface area (Å²) in [5.74, 6) is -0.932. The Labute approximate surface area is 131 Å². The summed E-state index contributed by atoms with van der Waals surface area (Å²) >= 11 is 5.47. The van der Waals surface area contributed by atoms with E-state index in [1.54, 1.807) is 16.7 Å². The van der Waals surface area contributed by atoms with Gasteiger partial charge in [0.1, 0.15) is 12.1 Å². The Bertz CT molecular complexity index is 435. The van der Waals surface area contributed by atoms with E-state index in [1.807, 2.05) is 6.92 Å². The molecule has 1 saturated heterocycles. The van der Waals surface area contributed by atoms with Crippen molar-refractivity contribution in [3.8, 4) is 0 Å². The number of carbonyl (C=O) groups is 2. The maximum atomic E-state index is 12.7. The van der Waals surface area contributed by atoms with E-state index in [0.29, 0.717) is 11.5 Å². The van der Waals surface area contributed by atoms with Gasteiger partial charge in [0.05, 0.1) is 0 Å². The van der Waals surface area contributed by atoms with Gasteiger partial charge in [0.15, 0.2) is 5.11 Å². The molecule has 1 saturated carbocycles. The lowest BCUT2D eigenvalue weighted by atomic mass is 9.94. The Morgan fingerprint density at radius 3 is 2.52 bits per heavy atom. The molecule has 21 heavy (non-hydrogen) atoms. The van der Waals surface area contributed by atoms with Crippen molar-refractivity contribution in [2.45, 2.75) is 76.9 Å². The van der Waals surface area contributed by atoms with E-state index in [-0.39, 0.29) is 11.9 Å². The van der Waals surface area contributed by atoms with Crippen LogP contribution in [0.5, 0.6) is 0 Å². The first-order valence-electron chi connectivity index (χ1n) is 7.87. The molecule has 0 aromatic carbocycles. The van der Waals surface area contributed by atoms with Crippen LogP contribution in [0, 0.1) is 0 Å². The highest BCUT2D eigenvalue weighted by Crippen LogP contribution is 2.31. The molecule has 0 radical (unpaired) electrons. The zero-order valence-electron chi connectivity index (χ0n) is 12.7. The lowest BCUT2D eigenvalue weighted by Crippen LogP contribution is -2.46. The number of carboxylic acid groups (broad SMARTS) is 1. The van der Waals surface area contributed by atoms with Gasteiger partial charge in [0.25, 0.3) is 5.91 Å². The van der Waals surface area contributed by atoms with Crippen molar-refractivity contribution < 1.29 is 14.7 Å². The van der Waals surface area contributed by atoms with Crippen LogP contribution in [-0.2, 0) is 9.59 Å². The van der Waals surface area contributed by atoms with E-state index in [2.05, 4.69) is 0 Å². The third kappa shape index (κ3) is 3.05. The minimum absolute atomic E-state index is 0.00171. The molecule has 2 aliphatic rings. The van der Waals surface area contributed by atoms with Crippen molar-refractivity contribution in [1.29, 1.82) is 0 Å². The molecular weight excluding hydrogens is 288 g/mol. The summed E-state index contributed by atoms with van der Waals surface area (Å²) in [6.07, 6.45) is 6.87. The van der Waals surface area contributed by atoms with Crippen molar-refractivity contribution in [1.82, 2.24) is 9.80 Å². The van der Waals surface area contributed by atoms with Gasteiger partial charge in [-0.25, -0.2) is 4.79 Å². The van der Waals surface area contributed by atoms with Crippen LogP contribution in [0.4, 0.5) is 0 Å². The number of hydrogen-bond acceptors (Lipinski definition) is 3. The SMILES string of the molecule is CCCC1C(=O)N(C2CCCCC2)C(=S)N1[C@H](C)C(=O)O. The Morgan fingerprint density at radius 2 is 2.00 bits per heavy atom. The van der Waals surface area contributed by atoms with Crippen molar-refractivity contribution in [3.05, 3.63) is 0 Å². The smallest absolute Gasteiger partial charge is 0.326 e. The van der Waals surface area contributed by atoms with E-state index in [9.17, 15) is 14.7 Å². The molecule has 5 nitrogen and oxygen atoms in total. The number of rotatable bonds is 5. The maximum Gasteiger partial charge on any atom is 0.326 e. The topological polar surface area (TPSA) is 60.9 Å². The van der Waals surface area contributed by atoms with Gasteiger partial charge >= 0.3 is 5.97 Å². The lowest BCUT2D eigenvalue weighted by Gasteiger charge is -2.32. The van der Waals surface area contributed by atoms with E-state index in [1.165, 1.54) is 6.42 Å². The molecule has 1 aliphatic heterocycles. The molecule has 2 rings (SSSR count). The van der Waals surface area contributed by atoms with Crippen molar-refractivity contribution in [2.24, 2.45) is 0 Å². The molecule has 118 valence electrons. The zero-order chi connectivity index (χ0) is 15.6. The molecule has 1 amide bonds. The van der Waals surface area contributed by atoms with Crippen LogP contribution in [0.25, 0.3) is 0 Å². The van der Waals surface area contributed by atoms with Gasteiger partial charge in [-0.1, -0.05) is 32.6 Å². The Kier molecular flexibility index (Phi) is 5.19. The first-order valence-corrected chi connectivity index (χ1v) is 8.28.